The number of nitrogens with one attached hydrogen (secondary N) is 1. The van der Waals surface area contributed by atoms with Crippen LogP contribution in [0.25, 0.3) is 0 Å². The molecule has 9 nitrogen and oxygen atoms in total. The van der Waals surface area contributed by atoms with Crippen LogP contribution in [0.3, 0.4) is 0 Å². The third-order valence-corrected chi connectivity index (χ3v) is 4.78. The lowest BCUT2D eigenvalue weighted by molar-refractivity contribution is -0.384. The van der Waals surface area contributed by atoms with Gasteiger partial charge in [0.15, 0.2) is 6.61 Å². The van der Waals surface area contributed by atoms with Crippen LogP contribution in [-0.4, -0.2) is 52.4 Å². The van der Waals surface area contributed by atoms with E-state index in [0.29, 0.717) is 22.5 Å². The summed E-state index contributed by atoms with van der Waals surface area (Å²) in [6.07, 6.45) is 0.0147. The first-order valence-electron chi connectivity index (χ1n) is 7.18. The van der Waals surface area contributed by atoms with E-state index in [1.807, 2.05) is 0 Å². The second-order valence-corrected chi connectivity index (χ2v) is 6.88. The highest BCUT2D eigenvalue weighted by Gasteiger charge is 2.21. The molecule has 0 aliphatic carbocycles. The Hall–Kier alpha value is -2.14. The summed E-state index contributed by atoms with van der Waals surface area (Å²) in [6.45, 7) is 0.385. The molecule has 1 aromatic carbocycles. The molecule has 0 unspecified atom stereocenters. The molecule has 0 radical (unpaired) electrons. The molecule has 1 fully saturated rings. The number of halogens is 1. The van der Waals surface area contributed by atoms with Crippen LogP contribution in [0.5, 0.6) is 0 Å². The zero-order chi connectivity index (χ0) is 18.4. The number of non-ortho nitro benzene ring substituents is 1. The van der Waals surface area contributed by atoms with Crippen molar-refractivity contribution in [1.29, 1.82) is 0 Å². The van der Waals surface area contributed by atoms with Crippen molar-refractivity contribution in [3.05, 3.63) is 32.8 Å². The Bertz CT molecular complexity index is 714. The van der Waals surface area contributed by atoms with Crippen LogP contribution in [0.2, 0.25) is 0 Å². The number of thioether (sulfide) groups is 1. The summed E-state index contributed by atoms with van der Waals surface area (Å²) in [5.41, 5.74) is 0.206. The van der Waals surface area contributed by atoms with Crippen LogP contribution in [0.1, 0.15) is 6.42 Å². The maximum absolute atomic E-state index is 11.8. The van der Waals surface area contributed by atoms with Gasteiger partial charge in [-0.05, 0) is 22.0 Å². The molecule has 0 bridgehead atoms. The van der Waals surface area contributed by atoms with E-state index in [9.17, 15) is 24.5 Å². The minimum Gasteiger partial charge on any atom is -0.456 e. The fraction of sp³-hybridized carbons (Fsp3) is 0.357. The fourth-order valence-corrected chi connectivity index (χ4v) is 3.30. The van der Waals surface area contributed by atoms with Gasteiger partial charge in [0, 0.05) is 35.4 Å². The average molecular weight is 432 g/mol. The lowest BCUT2D eigenvalue weighted by Gasteiger charge is -2.13. The number of nitro groups is 1. The molecule has 1 aliphatic rings. The summed E-state index contributed by atoms with van der Waals surface area (Å²) in [5.74, 6) is -0.446. The number of nitro benzene ring substituents is 1. The molecule has 0 aromatic heterocycles. The van der Waals surface area contributed by atoms with Crippen molar-refractivity contribution in [2.24, 2.45) is 0 Å². The molecular formula is C14H14BrN3O6S. The minimum absolute atomic E-state index is 0.0147. The van der Waals surface area contributed by atoms with Gasteiger partial charge in [-0.3, -0.25) is 24.5 Å². The van der Waals surface area contributed by atoms with Gasteiger partial charge in [0.25, 0.3) is 16.8 Å². The van der Waals surface area contributed by atoms with Crippen molar-refractivity contribution in [1.82, 2.24) is 4.90 Å². The van der Waals surface area contributed by atoms with E-state index in [1.165, 1.54) is 30.0 Å². The summed E-state index contributed by atoms with van der Waals surface area (Å²) in [4.78, 5) is 46.4. The topological polar surface area (TPSA) is 119 Å². The number of anilines is 1. The molecule has 2 rings (SSSR count). The first-order valence-corrected chi connectivity index (χ1v) is 8.96. The molecule has 25 heavy (non-hydrogen) atoms. The number of rotatable bonds is 7. The predicted molar refractivity (Wildman–Crippen MR) is 94.4 cm³/mol. The summed E-state index contributed by atoms with van der Waals surface area (Å²) in [5, 5.41) is 13.1. The van der Waals surface area contributed by atoms with Crippen LogP contribution in [0.15, 0.2) is 22.7 Å². The summed E-state index contributed by atoms with van der Waals surface area (Å²) in [7, 11) is 0. The van der Waals surface area contributed by atoms with Gasteiger partial charge in [-0.15, -0.1) is 0 Å². The molecule has 1 heterocycles. The molecule has 1 aliphatic heterocycles. The van der Waals surface area contributed by atoms with Gasteiger partial charge in [0.1, 0.15) is 0 Å². The normalized spacial score (nSPS) is 13.6. The summed E-state index contributed by atoms with van der Waals surface area (Å²) in [6, 6.07) is 3.88. The maximum Gasteiger partial charge on any atom is 0.308 e. The number of nitrogens with zero attached hydrogens (tertiary/aromatic N) is 2. The largest absolute Gasteiger partial charge is 0.456 e. The van der Waals surface area contributed by atoms with Crippen LogP contribution in [0.4, 0.5) is 16.2 Å². The van der Waals surface area contributed by atoms with Crippen molar-refractivity contribution >= 4 is 56.2 Å². The smallest absolute Gasteiger partial charge is 0.308 e. The van der Waals surface area contributed by atoms with Crippen LogP contribution < -0.4 is 5.32 Å². The molecule has 2 amide bonds. The van der Waals surface area contributed by atoms with Crippen molar-refractivity contribution in [3.63, 3.8) is 0 Å². The Kier molecular flexibility index (Phi) is 6.76. The van der Waals surface area contributed by atoms with Gasteiger partial charge in [0.05, 0.1) is 17.0 Å². The third kappa shape index (κ3) is 5.71. The number of ether oxygens (including phenoxy) is 1. The maximum atomic E-state index is 11.8. The zero-order valence-corrected chi connectivity index (χ0v) is 15.3. The summed E-state index contributed by atoms with van der Waals surface area (Å²) >= 11 is 4.33. The molecular weight excluding hydrogens is 418 g/mol. The molecule has 1 saturated heterocycles. The second-order valence-electron chi connectivity index (χ2n) is 4.98. The van der Waals surface area contributed by atoms with E-state index < -0.39 is 23.4 Å². The van der Waals surface area contributed by atoms with E-state index in [2.05, 4.69) is 21.2 Å². The van der Waals surface area contributed by atoms with Gasteiger partial charge in [0.2, 0.25) is 0 Å². The number of benzene rings is 1. The summed E-state index contributed by atoms with van der Waals surface area (Å²) < 4.78 is 5.19. The van der Waals surface area contributed by atoms with Crippen molar-refractivity contribution in [2.75, 3.05) is 30.8 Å². The Balaban J connectivity index is 1.75. The quantitative estimate of drug-likeness (QED) is 0.399. The Morgan fingerprint density at radius 2 is 2.20 bits per heavy atom. The van der Waals surface area contributed by atoms with E-state index in [4.69, 9.17) is 4.74 Å². The van der Waals surface area contributed by atoms with E-state index in [1.54, 1.807) is 4.90 Å². The van der Waals surface area contributed by atoms with Gasteiger partial charge in [-0.25, -0.2) is 0 Å². The van der Waals surface area contributed by atoms with Crippen molar-refractivity contribution in [3.8, 4) is 0 Å². The number of amides is 2. The van der Waals surface area contributed by atoms with Crippen LogP contribution >= 0.6 is 27.7 Å². The molecule has 134 valence electrons. The Labute approximate surface area is 155 Å². The average Bonchev–Trinajstić information content (AvgIpc) is 2.97. The highest BCUT2D eigenvalue weighted by molar-refractivity contribution is 9.10. The molecule has 1 N–H and O–H groups in total. The lowest BCUT2D eigenvalue weighted by atomic mass is 10.3. The number of carbonyl (C=O) groups excluding carboxylic acids is 3. The minimum atomic E-state index is -0.581. The van der Waals surface area contributed by atoms with Gasteiger partial charge < -0.3 is 15.0 Å². The SMILES string of the molecule is O=C(COC(=O)CCN1CCSC1=O)Nc1ccc([N+](=O)[O-])cc1Br. The number of esters is 1. The van der Waals surface area contributed by atoms with Gasteiger partial charge >= 0.3 is 5.97 Å². The molecule has 1 aromatic rings. The highest BCUT2D eigenvalue weighted by Crippen LogP contribution is 2.27. The molecule has 0 atom stereocenters. The van der Waals surface area contributed by atoms with Crippen LogP contribution in [-0.2, 0) is 14.3 Å². The van der Waals surface area contributed by atoms with Gasteiger partial charge in [-0.1, -0.05) is 11.8 Å². The Morgan fingerprint density at radius 1 is 1.44 bits per heavy atom. The first kappa shape index (κ1) is 19.2. The van der Waals surface area contributed by atoms with Gasteiger partial charge in [-0.2, -0.15) is 0 Å². The molecule has 0 spiro atoms. The predicted octanol–water partition coefficient (Wildman–Crippen LogP) is 2.40. The first-order chi connectivity index (χ1) is 11.9. The monoisotopic (exact) mass is 431 g/mol. The zero-order valence-electron chi connectivity index (χ0n) is 12.9. The van der Waals surface area contributed by atoms with E-state index >= 15 is 0 Å². The number of carbonyl (C=O) groups is 3. The van der Waals surface area contributed by atoms with Crippen LogP contribution in [0, 0.1) is 10.1 Å². The molecule has 0 saturated carbocycles. The molecule has 11 heteroatoms. The fourth-order valence-electron chi connectivity index (χ4n) is 1.98. The second kappa shape index (κ2) is 8.81. The standard InChI is InChI=1S/C14H14BrN3O6S/c15-10-7-9(18(22)23)1-2-11(10)16-12(19)8-24-13(20)3-4-17-5-6-25-14(17)21/h1-2,7H,3-6,8H2,(H,16,19). The van der Waals surface area contributed by atoms with Crippen molar-refractivity contribution < 1.29 is 24.0 Å². The number of hydrogen-bond acceptors (Lipinski definition) is 7. The lowest BCUT2D eigenvalue weighted by Crippen LogP contribution is -2.27. The highest BCUT2D eigenvalue weighted by atomic mass is 79.9. The number of hydrogen-bond donors (Lipinski definition) is 1. The van der Waals surface area contributed by atoms with E-state index in [0.717, 1.165) is 0 Å². The van der Waals surface area contributed by atoms with Crippen molar-refractivity contribution in [2.45, 2.75) is 6.42 Å². The Morgan fingerprint density at radius 3 is 2.80 bits per heavy atom. The van der Waals surface area contributed by atoms with E-state index in [-0.39, 0.29) is 23.9 Å². The third-order valence-electron chi connectivity index (χ3n) is 3.23.